The van der Waals surface area contributed by atoms with Gasteiger partial charge in [0.15, 0.2) is 5.96 Å². The number of nitrogens with zero attached hydrogens (tertiary/aromatic N) is 4. The lowest BCUT2D eigenvalue weighted by Crippen LogP contribution is -2.38. The van der Waals surface area contributed by atoms with Gasteiger partial charge in [0.2, 0.25) is 0 Å². The van der Waals surface area contributed by atoms with E-state index in [1.54, 1.807) is 25.8 Å². The van der Waals surface area contributed by atoms with Crippen molar-refractivity contribution in [3.05, 3.63) is 42.6 Å². The first-order valence-corrected chi connectivity index (χ1v) is 7.78. The van der Waals surface area contributed by atoms with E-state index in [-0.39, 0.29) is 24.0 Å². The van der Waals surface area contributed by atoms with Crippen LogP contribution < -0.4 is 10.6 Å². The van der Waals surface area contributed by atoms with Crippen LogP contribution in [-0.2, 0) is 11.3 Å². The minimum atomic E-state index is 0. The molecule has 2 heterocycles. The summed E-state index contributed by atoms with van der Waals surface area (Å²) >= 11 is 0. The number of hydrogen-bond acceptors (Lipinski definition) is 4. The van der Waals surface area contributed by atoms with Gasteiger partial charge >= 0.3 is 0 Å². The van der Waals surface area contributed by atoms with Gasteiger partial charge < -0.3 is 15.4 Å². The monoisotopic (exact) mass is 444 g/mol. The third kappa shape index (κ3) is 6.83. The minimum absolute atomic E-state index is 0. The molecule has 2 rings (SSSR count). The second-order valence-corrected chi connectivity index (χ2v) is 4.96. The number of nitrogens with one attached hydrogen (secondary N) is 2. The second kappa shape index (κ2) is 11.8. The Labute approximate surface area is 160 Å². The van der Waals surface area contributed by atoms with Gasteiger partial charge in [-0.3, -0.25) is 4.57 Å². The molecule has 0 atom stereocenters. The molecule has 0 saturated carbocycles. The van der Waals surface area contributed by atoms with Crippen molar-refractivity contribution < 1.29 is 4.74 Å². The Kier molecular flexibility index (Phi) is 10.0. The molecular weight excluding hydrogens is 419 g/mol. The van der Waals surface area contributed by atoms with Crippen molar-refractivity contribution in [2.24, 2.45) is 4.99 Å². The number of rotatable bonds is 8. The van der Waals surface area contributed by atoms with E-state index in [9.17, 15) is 0 Å². The van der Waals surface area contributed by atoms with Gasteiger partial charge in [-0.1, -0.05) is 0 Å². The van der Waals surface area contributed by atoms with E-state index in [2.05, 4.69) is 32.5 Å². The molecule has 132 valence electrons. The van der Waals surface area contributed by atoms with Crippen LogP contribution >= 0.6 is 24.0 Å². The van der Waals surface area contributed by atoms with Gasteiger partial charge in [0, 0.05) is 45.4 Å². The maximum atomic E-state index is 5.05. The largest absolute Gasteiger partial charge is 0.385 e. The molecule has 0 saturated heterocycles. The van der Waals surface area contributed by atoms with E-state index in [0.29, 0.717) is 6.54 Å². The molecule has 0 aliphatic carbocycles. The molecule has 0 aliphatic heterocycles. The Bertz CT molecular complexity index is 602. The lowest BCUT2D eigenvalue weighted by molar-refractivity contribution is 0.195. The Morgan fingerprint density at radius 3 is 2.92 bits per heavy atom. The molecule has 2 N–H and O–H groups in total. The summed E-state index contributed by atoms with van der Waals surface area (Å²) < 4.78 is 6.92. The van der Waals surface area contributed by atoms with Crippen molar-refractivity contribution in [3.8, 4) is 5.82 Å². The van der Waals surface area contributed by atoms with Crippen LogP contribution in [-0.4, -0.2) is 47.3 Å². The zero-order chi connectivity index (χ0) is 16.3. The van der Waals surface area contributed by atoms with E-state index in [0.717, 1.165) is 43.5 Å². The highest BCUT2D eigenvalue weighted by atomic mass is 127. The SMILES string of the molecule is CCNC(=NCc1ccnc(-n2ccnc2)c1)NCCCOC.I. The van der Waals surface area contributed by atoms with Crippen LogP contribution in [0.5, 0.6) is 0 Å². The second-order valence-electron chi connectivity index (χ2n) is 4.96. The maximum Gasteiger partial charge on any atom is 0.191 e. The van der Waals surface area contributed by atoms with Crippen molar-refractivity contribution >= 4 is 29.9 Å². The molecular formula is C16H25IN6O. The first kappa shape index (κ1) is 20.4. The van der Waals surface area contributed by atoms with Crippen molar-refractivity contribution in [2.45, 2.75) is 19.9 Å². The van der Waals surface area contributed by atoms with Crippen LogP contribution in [0.15, 0.2) is 42.0 Å². The third-order valence-electron chi connectivity index (χ3n) is 3.16. The number of hydrogen-bond donors (Lipinski definition) is 2. The predicted molar refractivity (Wildman–Crippen MR) is 106 cm³/mol. The molecule has 2 aromatic heterocycles. The summed E-state index contributed by atoms with van der Waals surface area (Å²) in [5.41, 5.74) is 1.10. The van der Waals surface area contributed by atoms with Crippen molar-refractivity contribution in [3.63, 3.8) is 0 Å². The van der Waals surface area contributed by atoms with E-state index < -0.39 is 0 Å². The summed E-state index contributed by atoms with van der Waals surface area (Å²) in [4.78, 5) is 13.0. The van der Waals surface area contributed by atoms with Gasteiger partial charge in [0.1, 0.15) is 12.1 Å². The first-order valence-electron chi connectivity index (χ1n) is 7.78. The predicted octanol–water partition coefficient (Wildman–Crippen LogP) is 1.98. The average Bonchev–Trinajstić information content (AvgIpc) is 3.11. The number of guanidine groups is 1. The zero-order valence-electron chi connectivity index (χ0n) is 14.1. The molecule has 2 aromatic rings. The van der Waals surface area contributed by atoms with Crippen molar-refractivity contribution in [1.82, 2.24) is 25.2 Å². The Hall–Kier alpha value is -1.68. The first-order chi connectivity index (χ1) is 11.3. The van der Waals surface area contributed by atoms with Crippen molar-refractivity contribution in [1.29, 1.82) is 0 Å². The summed E-state index contributed by atoms with van der Waals surface area (Å²) in [5.74, 6) is 1.65. The molecule has 0 amide bonds. The molecule has 8 heteroatoms. The normalized spacial score (nSPS) is 11.0. The number of aliphatic imine (C=N–C) groups is 1. The molecule has 24 heavy (non-hydrogen) atoms. The van der Waals surface area contributed by atoms with Gasteiger partial charge in [0.05, 0.1) is 6.54 Å². The Morgan fingerprint density at radius 2 is 2.21 bits per heavy atom. The number of halogens is 1. The van der Waals surface area contributed by atoms with Crippen LogP contribution in [0.2, 0.25) is 0 Å². The van der Waals surface area contributed by atoms with Crippen LogP contribution in [0.25, 0.3) is 5.82 Å². The Morgan fingerprint density at radius 1 is 1.33 bits per heavy atom. The fraction of sp³-hybridized carbons (Fsp3) is 0.438. The maximum absolute atomic E-state index is 5.05. The summed E-state index contributed by atoms with van der Waals surface area (Å²) in [6.07, 6.45) is 8.08. The quantitative estimate of drug-likeness (QED) is 0.282. The van der Waals surface area contributed by atoms with Crippen LogP contribution in [0.1, 0.15) is 18.9 Å². The number of ether oxygens (including phenoxy) is 1. The van der Waals surface area contributed by atoms with E-state index >= 15 is 0 Å². The standard InChI is InChI=1S/C16H24N6O.HI/c1-3-18-16(20-6-4-10-23-2)21-12-14-5-7-19-15(11-14)22-9-8-17-13-22;/h5,7-9,11,13H,3-4,6,10,12H2,1-2H3,(H2,18,20,21);1H. The number of imidazole rings is 1. The summed E-state index contributed by atoms with van der Waals surface area (Å²) in [7, 11) is 1.71. The fourth-order valence-corrected chi connectivity index (χ4v) is 2.03. The molecule has 0 fully saturated rings. The van der Waals surface area contributed by atoms with E-state index in [4.69, 9.17) is 4.74 Å². The summed E-state index contributed by atoms with van der Waals surface area (Å²) in [6.45, 7) is 5.04. The average molecular weight is 444 g/mol. The van der Waals surface area contributed by atoms with Gasteiger partial charge in [-0.2, -0.15) is 0 Å². The van der Waals surface area contributed by atoms with Crippen molar-refractivity contribution in [2.75, 3.05) is 26.8 Å². The highest BCUT2D eigenvalue weighted by Crippen LogP contribution is 2.07. The Balaban J connectivity index is 0.00000288. The third-order valence-corrected chi connectivity index (χ3v) is 3.16. The fourth-order valence-electron chi connectivity index (χ4n) is 2.03. The molecule has 0 aliphatic rings. The van der Waals surface area contributed by atoms with Gasteiger partial charge in [-0.05, 0) is 31.0 Å². The van der Waals surface area contributed by atoms with E-state index in [1.807, 2.05) is 22.9 Å². The number of aromatic nitrogens is 3. The lowest BCUT2D eigenvalue weighted by atomic mass is 10.2. The minimum Gasteiger partial charge on any atom is -0.385 e. The van der Waals surface area contributed by atoms with Crippen LogP contribution in [0, 0.1) is 0 Å². The van der Waals surface area contributed by atoms with Crippen LogP contribution in [0.4, 0.5) is 0 Å². The number of methoxy groups -OCH3 is 1. The van der Waals surface area contributed by atoms with Crippen LogP contribution in [0.3, 0.4) is 0 Å². The molecule has 0 spiro atoms. The van der Waals surface area contributed by atoms with Gasteiger partial charge in [-0.25, -0.2) is 15.0 Å². The summed E-state index contributed by atoms with van der Waals surface area (Å²) in [6, 6.07) is 3.98. The highest BCUT2D eigenvalue weighted by Gasteiger charge is 2.01. The zero-order valence-corrected chi connectivity index (χ0v) is 16.4. The topological polar surface area (TPSA) is 76.4 Å². The molecule has 0 unspecified atom stereocenters. The lowest BCUT2D eigenvalue weighted by Gasteiger charge is -2.11. The molecule has 7 nitrogen and oxygen atoms in total. The molecule has 0 bridgehead atoms. The van der Waals surface area contributed by atoms with Gasteiger partial charge in [0.25, 0.3) is 0 Å². The number of pyridine rings is 1. The molecule has 0 radical (unpaired) electrons. The van der Waals surface area contributed by atoms with E-state index in [1.165, 1.54) is 0 Å². The summed E-state index contributed by atoms with van der Waals surface area (Å²) in [5, 5.41) is 6.54. The molecule has 0 aromatic carbocycles. The van der Waals surface area contributed by atoms with Gasteiger partial charge in [-0.15, -0.1) is 24.0 Å². The highest BCUT2D eigenvalue weighted by molar-refractivity contribution is 14.0. The smallest absolute Gasteiger partial charge is 0.191 e.